The molecule has 1 aliphatic heterocycles. The molecule has 0 spiro atoms. The first-order valence-electron chi connectivity index (χ1n) is 8.09. The Bertz CT molecular complexity index is 417. The molecule has 1 aliphatic carbocycles. The maximum Gasteiger partial charge on any atom is 0.128 e. The maximum absolute atomic E-state index is 4.45. The van der Waals surface area contributed by atoms with Crippen molar-refractivity contribution in [3.8, 4) is 0 Å². The Morgan fingerprint density at radius 2 is 2.05 bits per heavy atom. The van der Waals surface area contributed by atoms with Crippen molar-refractivity contribution in [2.75, 3.05) is 24.5 Å². The van der Waals surface area contributed by atoms with Gasteiger partial charge < -0.3 is 10.2 Å². The first-order valence-corrected chi connectivity index (χ1v) is 8.09. The third kappa shape index (κ3) is 2.98. The van der Waals surface area contributed by atoms with Gasteiger partial charge in [0.1, 0.15) is 5.82 Å². The number of aromatic nitrogens is 1. The van der Waals surface area contributed by atoms with Crippen LogP contribution in [0.4, 0.5) is 5.82 Å². The molecule has 0 bridgehead atoms. The summed E-state index contributed by atoms with van der Waals surface area (Å²) in [6, 6.07) is 6.88. The van der Waals surface area contributed by atoms with Crippen LogP contribution in [0.1, 0.15) is 39.5 Å². The van der Waals surface area contributed by atoms with Gasteiger partial charge in [-0.2, -0.15) is 0 Å². The van der Waals surface area contributed by atoms with Gasteiger partial charge in [-0.05, 0) is 49.1 Å². The highest BCUT2D eigenvalue weighted by Gasteiger charge is 2.45. The van der Waals surface area contributed by atoms with Gasteiger partial charge in [0.05, 0.1) is 0 Å². The lowest BCUT2D eigenvalue weighted by atomic mass is 9.91. The van der Waals surface area contributed by atoms with Crippen molar-refractivity contribution >= 4 is 5.82 Å². The van der Waals surface area contributed by atoms with Gasteiger partial charge in [0, 0.05) is 31.9 Å². The number of piperidine rings is 1. The minimum atomic E-state index is 0.623. The molecule has 3 nitrogen and oxygen atoms in total. The van der Waals surface area contributed by atoms with Crippen molar-refractivity contribution < 1.29 is 0 Å². The summed E-state index contributed by atoms with van der Waals surface area (Å²) in [4.78, 5) is 6.86. The molecule has 0 unspecified atom stereocenters. The number of nitrogens with one attached hydrogen (secondary N) is 1. The average molecular weight is 273 g/mol. The van der Waals surface area contributed by atoms with Crippen LogP contribution in [-0.2, 0) is 0 Å². The Hall–Kier alpha value is -1.09. The molecule has 110 valence electrons. The average Bonchev–Trinajstić information content (AvgIpc) is 3.28. The molecule has 3 rings (SSSR count). The predicted molar refractivity (Wildman–Crippen MR) is 84.0 cm³/mol. The van der Waals surface area contributed by atoms with Crippen LogP contribution in [0, 0.1) is 11.3 Å². The minimum absolute atomic E-state index is 0.623. The molecule has 1 saturated heterocycles. The summed E-state index contributed by atoms with van der Waals surface area (Å²) in [7, 11) is 0. The zero-order valence-corrected chi connectivity index (χ0v) is 12.8. The van der Waals surface area contributed by atoms with Crippen LogP contribution in [0.3, 0.4) is 0 Å². The van der Waals surface area contributed by atoms with Crippen molar-refractivity contribution in [1.82, 2.24) is 10.3 Å². The Kier molecular flexibility index (Phi) is 3.97. The summed E-state index contributed by atoms with van der Waals surface area (Å²) in [6.07, 6.45) is 7.21. The smallest absolute Gasteiger partial charge is 0.128 e. The lowest BCUT2D eigenvalue weighted by molar-refractivity contribution is 0.302. The van der Waals surface area contributed by atoms with Gasteiger partial charge in [0.15, 0.2) is 0 Å². The molecule has 1 saturated carbocycles. The summed E-state index contributed by atoms with van der Waals surface area (Å²) in [5, 5.41) is 3.83. The topological polar surface area (TPSA) is 28.2 Å². The number of pyridine rings is 1. The highest BCUT2D eigenvalue weighted by Crippen LogP contribution is 2.51. The lowest BCUT2D eigenvalue weighted by Gasteiger charge is -2.34. The third-order valence-electron chi connectivity index (χ3n) is 5.33. The van der Waals surface area contributed by atoms with Crippen LogP contribution >= 0.6 is 0 Å². The minimum Gasteiger partial charge on any atom is -0.357 e. The molecule has 0 amide bonds. The van der Waals surface area contributed by atoms with Crippen molar-refractivity contribution in [1.29, 1.82) is 0 Å². The van der Waals surface area contributed by atoms with Gasteiger partial charge in [0.25, 0.3) is 0 Å². The molecular formula is C17H27N3. The van der Waals surface area contributed by atoms with Gasteiger partial charge >= 0.3 is 0 Å². The van der Waals surface area contributed by atoms with Crippen LogP contribution in [0.2, 0.25) is 0 Å². The van der Waals surface area contributed by atoms with E-state index in [4.69, 9.17) is 0 Å². The van der Waals surface area contributed by atoms with Gasteiger partial charge in [-0.25, -0.2) is 4.98 Å². The molecule has 0 atom stereocenters. The van der Waals surface area contributed by atoms with E-state index in [9.17, 15) is 0 Å². The molecule has 1 aromatic heterocycles. The molecule has 0 aromatic carbocycles. The van der Waals surface area contributed by atoms with E-state index >= 15 is 0 Å². The zero-order valence-electron chi connectivity index (χ0n) is 12.8. The van der Waals surface area contributed by atoms with Crippen LogP contribution < -0.4 is 10.2 Å². The second kappa shape index (κ2) is 5.72. The summed E-state index contributed by atoms with van der Waals surface area (Å²) >= 11 is 0. The maximum atomic E-state index is 4.45. The molecular weight excluding hydrogens is 246 g/mol. The Morgan fingerprint density at radius 3 is 2.60 bits per heavy atom. The molecule has 2 aliphatic rings. The number of hydrogen-bond donors (Lipinski definition) is 1. The van der Waals surface area contributed by atoms with Crippen molar-refractivity contribution in [3.63, 3.8) is 0 Å². The molecule has 1 aromatic rings. The van der Waals surface area contributed by atoms with Crippen LogP contribution in [-0.4, -0.2) is 30.7 Å². The van der Waals surface area contributed by atoms with Crippen molar-refractivity contribution in [2.24, 2.45) is 11.3 Å². The fourth-order valence-electron chi connectivity index (χ4n) is 3.32. The van der Waals surface area contributed by atoms with E-state index < -0.39 is 0 Å². The van der Waals surface area contributed by atoms with Gasteiger partial charge in [-0.3, -0.25) is 0 Å². The van der Waals surface area contributed by atoms with E-state index in [-0.39, 0.29) is 0 Å². The molecule has 2 fully saturated rings. The van der Waals surface area contributed by atoms with Crippen LogP contribution in [0.25, 0.3) is 0 Å². The highest BCUT2D eigenvalue weighted by molar-refractivity contribution is 5.38. The summed E-state index contributed by atoms with van der Waals surface area (Å²) in [6.45, 7) is 8.22. The Labute approximate surface area is 122 Å². The summed E-state index contributed by atoms with van der Waals surface area (Å²) in [5.41, 5.74) is 0.623. The van der Waals surface area contributed by atoms with E-state index in [2.05, 4.69) is 41.2 Å². The zero-order chi connectivity index (χ0) is 14.0. The predicted octanol–water partition coefficient (Wildman–Crippen LogP) is 3.08. The van der Waals surface area contributed by atoms with Gasteiger partial charge in [0.2, 0.25) is 0 Å². The molecule has 2 heterocycles. The SMILES string of the molecule is CC(C)C1(CNC2CCN(c3ccccn3)CC2)CC1. The largest absolute Gasteiger partial charge is 0.357 e. The second-order valence-electron chi connectivity index (χ2n) is 6.85. The molecule has 0 radical (unpaired) electrons. The van der Waals surface area contributed by atoms with Crippen molar-refractivity contribution in [2.45, 2.75) is 45.6 Å². The number of anilines is 1. The van der Waals surface area contributed by atoms with E-state index in [0.717, 1.165) is 24.8 Å². The second-order valence-corrected chi connectivity index (χ2v) is 6.85. The summed E-state index contributed by atoms with van der Waals surface area (Å²) in [5.74, 6) is 1.95. The highest BCUT2D eigenvalue weighted by atomic mass is 15.2. The quantitative estimate of drug-likeness (QED) is 0.893. The van der Waals surface area contributed by atoms with Crippen LogP contribution in [0.5, 0.6) is 0 Å². The van der Waals surface area contributed by atoms with Gasteiger partial charge in [-0.1, -0.05) is 19.9 Å². The normalized spacial score (nSPS) is 22.2. The lowest BCUT2D eigenvalue weighted by Crippen LogP contribution is -2.45. The fraction of sp³-hybridized carbons (Fsp3) is 0.706. The van der Waals surface area contributed by atoms with E-state index in [1.807, 2.05) is 12.3 Å². The summed E-state index contributed by atoms with van der Waals surface area (Å²) < 4.78 is 0. The number of hydrogen-bond acceptors (Lipinski definition) is 3. The molecule has 3 heteroatoms. The fourth-order valence-corrected chi connectivity index (χ4v) is 3.32. The first-order chi connectivity index (χ1) is 9.70. The molecule has 20 heavy (non-hydrogen) atoms. The van der Waals surface area contributed by atoms with Crippen molar-refractivity contribution in [3.05, 3.63) is 24.4 Å². The van der Waals surface area contributed by atoms with E-state index in [1.54, 1.807) is 0 Å². The van der Waals surface area contributed by atoms with E-state index in [1.165, 1.54) is 32.2 Å². The first kappa shape index (κ1) is 13.9. The Morgan fingerprint density at radius 1 is 1.30 bits per heavy atom. The van der Waals surface area contributed by atoms with Gasteiger partial charge in [-0.15, -0.1) is 0 Å². The Balaban J connectivity index is 1.45. The third-order valence-corrected chi connectivity index (χ3v) is 5.33. The standard InChI is InChI=1S/C17H27N3/c1-14(2)17(8-9-17)13-19-15-6-11-20(12-7-15)16-5-3-4-10-18-16/h3-5,10,14-15,19H,6-9,11-13H2,1-2H3. The number of nitrogens with zero attached hydrogens (tertiary/aromatic N) is 2. The number of rotatable bonds is 5. The molecule has 1 N–H and O–H groups in total. The monoisotopic (exact) mass is 273 g/mol. The van der Waals surface area contributed by atoms with Crippen LogP contribution in [0.15, 0.2) is 24.4 Å². The van der Waals surface area contributed by atoms with E-state index in [0.29, 0.717) is 11.5 Å².